The van der Waals surface area contributed by atoms with Crippen molar-refractivity contribution in [1.82, 2.24) is 0 Å². The second-order valence-corrected chi connectivity index (χ2v) is 7.05. The number of fused-ring (bicyclic) bond motifs is 1. The zero-order chi connectivity index (χ0) is 14.8. The standard InChI is InChI=1S/C17H17ClO3/c18-11-3-1-2-10(6-11)17(8-16(20)21)13-4-9-5-14(17)12(13)7-15(9)19/h1-3,6-7,9,13-15,19H,4-5,8H2,(H,20,21). The van der Waals surface area contributed by atoms with Gasteiger partial charge in [-0.05, 0) is 48.3 Å². The molecule has 0 heterocycles. The van der Waals surface area contributed by atoms with Gasteiger partial charge < -0.3 is 10.2 Å². The van der Waals surface area contributed by atoms with E-state index in [1.165, 1.54) is 5.57 Å². The van der Waals surface area contributed by atoms with E-state index in [1.54, 1.807) is 0 Å². The minimum absolute atomic E-state index is 0.142. The van der Waals surface area contributed by atoms with Crippen molar-refractivity contribution in [3.8, 4) is 0 Å². The Bertz CT molecular complexity index is 635. The van der Waals surface area contributed by atoms with Crippen LogP contribution in [0.1, 0.15) is 24.8 Å². The molecule has 3 nitrogen and oxygen atoms in total. The van der Waals surface area contributed by atoms with E-state index in [1.807, 2.05) is 30.3 Å². The highest BCUT2D eigenvalue weighted by Gasteiger charge is 2.65. The fourth-order valence-corrected chi connectivity index (χ4v) is 5.19. The first kappa shape index (κ1) is 13.4. The summed E-state index contributed by atoms with van der Waals surface area (Å²) in [5, 5.41) is 20.1. The van der Waals surface area contributed by atoms with Crippen molar-refractivity contribution in [2.45, 2.75) is 30.8 Å². The topological polar surface area (TPSA) is 57.5 Å². The van der Waals surface area contributed by atoms with Crippen molar-refractivity contribution in [2.75, 3.05) is 0 Å². The van der Waals surface area contributed by atoms with E-state index in [0.717, 1.165) is 18.4 Å². The summed E-state index contributed by atoms with van der Waals surface area (Å²) in [5.74, 6) is 0.0284. The smallest absolute Gasteiger partial charge is 0.304 e. The fraction of sp³-hybridized carbons (Fsp3) is 0.471. The maximum Gasteiger partial charge on any atom is 0.304 e. The summed E-state index contributed by atoms with van der Waals surface area (Å²) >= 11 is 6.13. The van der Waals surface area contributed by atoms with Gasteiger partial charge in [-0.15, -0.1) is 0 Å². The predicted octanol–water partition coefficient (Wildman–Crippen LogP) is 3.01. The first-order valence-electron chi connectivity index (χ1n) is 7.40. The third-order valence-electron chi connectivity index (χ3n) is 5.78. The molecule has 3 atom stereocenters. The van der Waals surface area contributed by atoms with E-state index in [-0.39, 0.29) is 29.8 Å². The lowest BCUT2D eigenvalue weighted by Gasteiger charge is -2.66. The number of benzene rings is 1. The highest BCUT2D eigenvalue weighted by molar-refractivity contribution is 6.30. The third-order valence-corrected chi connectivity index (χ3v) is 6.01. The lowest BCUT2D eigenvalue weighted by atomic mass is 9.37. The highest BCUT2D eigenvalue weighted by atomic mass is 35.5. The van der Waals surface area contributed by atoms with Gasteiger partial charge in [-0.3, -0.25) is 4.79 Å². The average molecular weight is 305 g/mol. The molecule has 5 aliphatic carbocycles. The van der Waals surface area contributed by atoms with Crippen LogP contribution in [0, 0.1) is 17.8 Å². The number of rotatable bonds is 3. The average Bonchev–Trinajstić information content (AvgIpc) is 2.46. The number of allylic oxidation sites excluding steroid dienone is 1. The van der Waals surface area contributed by atoms with Crippen LogP contribution < -0.4 is 0 Å². The molecule has 6 rings (SSSR count). The number of aliphatic hydroxyl groups is 1. The second-order valence-electron chi connectivity index (χ2n) is 6.62. The van der Waals surface area contributed by atoms with Crippen LogP contribution in [0.4, 0.5) is 0 Å². The van der Waals surface area contributed by atoms with Crippen molar-refractivity contribution in [1.29, 1.82) is 0 Å². The molecule has 4 heteroatoms. The Kier molecular flexibility index (Phi) is 2.76. The van der Waals surface area contributed by atoms with Gasteiger partial charge in [0.1, 0.15) is 0 Å². The summed E-state index contributed by atoms with van der Waals surface area (Å²) in [6.07, 6.45) is 3.56. The van der Waals surface area contributed by atoms with Crippen molar-refractivity contribution in [3.05, 3.63) is 46.5 Å². The second kappa shape index (κ2) is 4.34. The molecule has 21 heavy (non-hydrogen) atoms. The van der Waals surface area contributed by atoms with Gasteiger partial charge in [0.15, 0.2) is 0 Å². The first-order chi connectivity index (χ1) is 10.0. The van der Waals surface area contributed by atoms with Crippen molar-refractivity contribution >= 4 is 17.6 Å². The predicted molar refractivity (Wildman–Crippen MR) is 79.2 cm³/mol. The van der Waals surface area contributed by atoms with Crippen LogP contribution in [-0.2, 0) is 10.2 Å². The fourth-order valence-electron chi connectivity index (χ4n) is 5.00. The first-order valence-corrected chi connectivity index (χ1v) is 7.77. The number of aliphatic carboxylic acids is 1. The molecular weight excluding hydrogens is 288 g/mol. The molecule has 1 aromatic carbocycles. The molecule has 3 fully saturated rings. The molecule has 0 saturated heterocycles. The van der Waals surface area contributed by atoms with E-state index in [0.29, 0.717) is 10.9 Å². The van der Waals surface area contributed by atoms with Crippen molar-refractivity contribution in [2.24, 2.45) is 17.8 Å². The van der Waals surface area contributed by atoms with Gasteiger partial charge >= 0.3 is 5.97 Å². The monoisotopic (exact) mass is 304 g/mol. The quantitative estimate of drug-likeness (QED) is 0.844. The summed E-state index contributed by atoms with van der Waals surface area (Å²) in [4.78, 5) is 11.5. The Hall–Kier alpha value is -1.32. The molecule has 4 bridgehead atoms. The van der Waals surface area contributed by atoms with Gasteiger partial charge in [0.05, 0.1) is 12.5 Å². The summed E-state index contributed by atoms with van der Waals surface area (Å²) in [6, 6.07) is 7.64. The Labute approximate surface area is 128 Å². The van der Waals surface area contributed by atoms with Gasteiger partial charge in [0.25, 0.3) is 0 Å². The number of carboxylic acid groups (broad SMARTS) is 1. The summed E-state index contributed by atoms with van der Waals surface area (Å²) in [6.45, 7) is 0. The Morgan fingerprint density at radius 2 is 2.05 bits per heavy atom. The van der Waals surface area contributed by atoms with Crippen LogP contribution in [0.2, 0.25) is 5.02 Å². The Morgan fingerprint density at radius 3 is 2.57 bits per heavy atom. The van der Waals surface area contributed by atoms with Crippen LogP contribution in [0.3, 0.4) is 0 Å². The SMILES string of the molecule is O=C(O)CC1(c2cccc(Cl)c2)C2CC3CC1C2=CC3O. The molecule has 110 valence electrons. The van der Waals surface area contributed by atoms with Crippen LogP contribution >= 0.6 is 11.6 Å². The number of carboxylic acids is 1. The van der Waals surface area contributed by atoms with Crippen LogP contribution in [-0.4, -0.2) is 22.3 Å². The van der Waals surface area contributed by atoms with E-state index in [9.17, 15) is 15.0 Å². The summed E-state index contributed by atoms with van der Waals surface area (Å²) in [7, 11) is 0. The van der Waals surface area contributed by atoms with E-state index >= 15 is 0 Å². The molecule has 0 aliphatic heterocycles. The number of hydrogen-bond donors (Lipinski definition) is 2. The number of carbonyl (C=O) groups is 1. The molecule has 2 N–H and O–H groups in total. The molecule has 5 aliphatic rings. The van der Waals surface area contributed by atoms with Crippen LogP contribution in [0.25, 0.3) is 0 Å². The van der Waals surface area contributed by atoms with E-state index < -0.39 is 5.97 Å². The highest BCUT2D eigenvalue weighted by Crippen LogP contribution is 2.69. The van der Waals surface area contributed by atoms with Gasteiger partial charge in [0.2, 0.25) is 0 Å². The zero-order valence-electron chi connectivity index (χ0n) is 11.5. The Morgan fingerprint density at radius 1 is 1.33 bits per heavy atom. The maximum absolute atomic E-state index is 11.5. The van der Waals surface area contributed by atoms with Gasteiger partial charge in [-0.1, -0.05) is 35.4 Å². The number of aliphatic hydroxyl groups excluding tert-OH is 1. The van der Waals surface area contributed by atoms with Crippen molar-refractivity contribution in [3.63, 3.8) is 0 Å². The minimum atomic E-state index is -0.761. The lowest BCUT2D eigenvalue weighted by molar-refractivity contribution is -0.143. The number of hydrogen-bond acceptors (Lipinski definition) is 2. The largest absolute Gasteiger partial charge is 0.481 e. The molecule has 0 aromatic heterocycles. The molecule has 0 radical (unpaired) electrons. The Balaban J connectivity index is 1.82. The normalized spacial score (nSPS) is 39.6. The molecule has 0 spiro atoms. The third kappa shape index (κ3) is 1.68. The van der Waals surface area contributed by atoms with Gasteiger partial charge in [-0.25, -0.2) is 0 Å². The minimum Gasteiger partial charge on any atom is -0.481 e. The molecule has 1 aromatic rings. The van der Waals surface area contributed by atoms with Gasteiger partial charge in [0, 0.05) is 10.4 Å². The van der Waals surface area contributed by atoms with Crippen LogP contribution in [0.5, 0.6) is 0 Å². The van der Waals surface area contributed by atoms with E-state index in [4.69, 9.17) is 11.6 Å². The van der Waals surface area contributed by atoms with E-state index in [2.05, 4.69) is 0 Å². The van der Waals surface area contributed by atoms with Crippen molar-refractivity contribution < 1.29 is 15.0 Å². The molecular formula is C17H17ClO3. The number of halogens is 1. The van der Waals surface area contributed by atoms with Crippen LogP contribution in [0.15, 0.2) is 35.9 Å². The molecule has 3 saturated carbocycles. The lowest BCUT2D eigenvalue weighted by Crippen LogP contribution is -2.63. The molecule has 3 unspecified atom stereocenters. The molecule has 0 amide bonds. The summed E-state index contributed by atoms with van der Waals surface area (Å²) in [5.41, 5.74) is 1.98. The zero-order valence-corrected chi connectivity index (χ0v) is 12.3. The van der Waals surface area contributed by atoms with Gasteiger partial charge in [-0.2, -0.15) is 0 Å². The summed E-state index contributed by atoms with van der Waals surface area (Å²) < 4.78 is 0. The maximum atomic E-state index is 11.5.